The number of amidine groups is 1. The molecule has 1 spiro atoms. The molecular weight excluding hydrogens is 431 g/mol. The van der Waals surface area contributed by atoms with Gasteiger partial charge in [0.05, 0.1) is 6.10 Å². The van der Waals surface area contributed by atoms with Crippen molar-refractivity contribution in [3.63, 3.8) is 0 Å². The van der Waals surface area contributed by atoms with Crippen LogP contribution in [0.2, 0.25) is 0 Å². The molecule has 2 aromatic carbocycles. The van der Waals surface area contributed by atoms with E-state index in [1.807, 2.05) is 32.0 Å². The molecule has 3 heterocycles. The summed E-state index contributed by atoms with van der Waals surface area (Å²) in [6.45, 7) is 9.76. The van der Waals surface area contributed by atoms with Crippen LogP contribution in [0.3, 0.4) is 0 Å². The number of hydrogen-bond acceptors (Lipinski definition) is 4. The Balaban J connectivity index is 1.40. The molecule has 34 heavy (non-hydrogen) atoms. The van der Waals surface area contributed by atoms with E-state index in [2.05, 4.69) is 33.8 Å². The van der Waals surface area contributed by atoms with Crippen molar-refractivity contribution in [2.45, 2.75) is 64.3 Å². The second-order valence-corrected chi connectivity index (χ2v) is 9.99. The van der Waals surface area contributed by atoms with Crippen LogP contribution in [0.1, 0.15) is 45.6 Å². The van der Waals surface area contributed by atoms with E-state index in [1.54, 1.807) is 11.0 Å². The number of rotatable bonds is 5. The number of urea groups is 1. The van der Waals surface area contributed by atoms with Gasteiger partial charge in [0.2, 0.25) is 0 Å². The molecule has 0 aromatic heterocycles. The highest BCUT2D eigenvalue weighted by Gasteiger charge is 2.55. The molecule has 5 rings (SSSR count). The maximum absolute atomic E-state index is 14.1. The molecule has 6 nitrogen and oxygen atoms in total. The predicted molar refractivity (Wildman–Crippen MR) is 132 cm³/mol. The lowest BCUT2D eigenvalue weighted by Crippen LogP contribution is -2.64. The van der Waals surface area contributed by atoms with Gasteiger partial charge in [-0.2, -0.15) is 4.99 Å². The van der Waals surface area contributed by atoms with Crippen LogP contribution >= 0.6 is 0 Å². The number of anilines is 1. The van der Waals surface area contributed by atoms with Crippen LogP contribution in [-0.2, 0) is 6.54 Å². The molecule has 2 saturated heterocycles. The molecule has 3 aliphatic heterocycles. The van der Waals surface area contributed by atoms with Gasteiger partial charge < -0.3 is 9.64 Å². The van der Waals surface area contributed by atoms with Gasteiger partial charge in [0, 0.05) is 37.9 Å². The van der Waals surface area contributed by atoms with E-state index >= 15 is 0 Å². The van der Waals surface area contributed by atoms with Gasteiger partial charge in [-0.3, -0.25) is 9.80 Å². The number of likely N-dealkylation sites (tertiary alicyclic amines) is 2. The minimum Gasteiger partial charge on any atom is -0.491 e. The fourth-order valence-electron chi connectivity index (χ4n) is 5.53. The summed E-state index contributed by atoms with van der Waals surface area (Å²) in [6.07, 6.45) is 2.76. The average Bonchev–Trinajstić information content (AvgIpc) is 3.00. The Kier molecular flexibility index (Phi) is 6.06. The summed E-state index contributed by atoms with van der Waals surface area (Å²) in [4.78, 5) is 24.2. The maximum atomic E-state index is 14.1. The quantitative estimate of drug-likeness (QED) is 0.619. The van der Waals surface area contributed by atoms with Gasteiger partial charge >= 0.3 is 6.03 Å². The average molecular weight is 465 g/mol. The molecule has 2 atom stereocenters. The van der Waals surface area contributed by atoms with E-state index in [0.29, 0.717) is 5.69 Å². The first kappa shape index (κ1) is 22.8. The van der Waals surface area contributed by atoms with Gasteiger partial charge in [-0.1, -0.05) is 18.2 Å². The molecular formula is C27H33FN4O2. The molecule has 0 radical (unpaired) electrons. The highest BCUT2D eigenvalue weighted by Crippen LogP contribution is 2.43. The number of piperidine rings is 1. The third kappa shape index (κ3) is 4.17. The van der Waals surface area contributed by atoms with Crippen molar-refractivity contribution in [1.82, 2.24) is 9.80 Å². The second-order valence-electron chi connectivity index (χ2n) is 9.99. The van der Waals surface area contributed by atoms with Crippen molar-refractivity contribution in [2.24, 2.45) is 4.99 Å². The zero-order chi connectivity index (χ0) is 23.9. The SMILES string of the molecule is CC(C)Oc1cccc(CN2CC[C@@]3(C[C@H]2C)C(N2CCC2)=NC(=O)N3c2cccc(F)c2)c1. The van der Waals surface area contributed by atoms with E-state index in [-0.39, 0.29) is 24.0 Å². The predicted octanol–water partition coefficient (Wildman–Crippen LogP) is 5.08. The lowest BCUT2D eigenvalue weighted by atomic mass is 9.80. The normalized spacial score (nSPS) is 25.1. The number of carbonyl (C=O) groups is 1. The molecule has 180 valence electrons. The molecule has 0 N–H and O–H groups in total. The minimum absolute atomic E-state index is 0.136. The number of hydrogen-bond donors (Lipinski definition) is 0. The fourth-order valence-corrected chi connectivity index (χ4v) is 5.53. The number of amides is 2. The van der Waals surface area contributed by atoms with Crippen LogP contribution in [0.5, 0.6) is 5.75 Å². The number of halogens is 1. The van der Waals surface area contributed by atoms with E-state index in [4.69, 9.17) is 4.74 Å². The van der Waals surface area contributed by atoms with Gasteiger partial charge in [0.15, 0.2) is 0 Å². The number of nitrogens with zero attached hydrogens (tertiary/aromatic N) is 4. The van der Waals surface area contributed by atoms with Gasteiger partial charge in [-0.05, 0) is 75.9 Å². The van der Waals surface area contributed by atoms with Crippen molar-refractivity contribution in [3.05, 3.63) is 59.9 Å². The molecule has 2 fully saturated rings. The fraction of sp³-hybridized carbons (Fsp3) is 0.481. The number of benzene rings is 2. The molecule has 0 bridgehead atoms. The number of ether oxygens (including phenoxy) is 1. The van der Waals surface area contributed by atoms with Gasteiger partial charge in [0.1, 0.15) is 22.9 Å². The Hall–Kier alpha value is -2.93. The van der Waals surface area contributed by atoms with Crippen molar-refractivity contribution in [2.75, 3.05) is 24.5 Å². The first-order chi connectivity index (χ1) is 16.4. The highest BCUT2D eigenvalue weighted by molar-refractivity contribution is 6.16. The summed E-state index contributed by atoms with van der Waals surface area (Å²) in [5, 5.41) is 0. The highest BCUT2D eigenvalue weighted by atomic mass is 19.1. The third-order valence-electron chi connectivity index (χ3n) is 7.18. The van der Waals surface area contributed by atoms with Crippen LogP contribution in [0.25, 0.3) is 0 Å². The molecule has 0 aliphatic carbocycles. The van der Waals surface area contributed by atoms with Crippen LogP contribution in [0, 0.1) is 5.82 Å². The molecule has 0 unspecified atom stereocenters. The van der Waals surface area contributed by atoms with Gasteiger partial charge in [0.25, 0.3) is 0 Å². The van der Waals surface area contributed by atoms with Crippen LogP contribution < -0.4 is 9.64 Å². The zero-order valence-corrected chi connectivity index (χ0v) is 20.2. The van der Waals surface area contributed by atoms with Crippen molar-refractivity contribution in [3.8, 4) is 5.75 Å². The van der Waals surface area contributed by atoms with Crippen LogP contribution in [-0.4, -0.2) is 59.0 Å². The van der Waals surface area contributed by atoms with E-state index in [9.17, 15) is 9.18 Å². The summed E-state index contributed by atoms with van der Waals surface area (Å²) in [5.41, 5.74) is 1.26. The Morgan fingerprint density at radius 3 is 2.62 bits per heavy atom. The summed E-state index contributed by atoms with van der Waals surface area (Å²) in [5.74, 6) is 1.41. The van der Waals surface area contributed by atoms with Crippen molar-refractivity contribution >= 4 is 17.6 Å². The van der Waals surface area contributed by atoms with Gasteiger partial charge in [-0.15, -0.1) is 0 Å². The van der Waals surface area contributed by atoms with Crippen molar-refractivity contribution in [1.29, 1.82) is 0 Å². The summed E-state index contributed by atoms with van der Waals surface area (Å²) >= 11 is 0. The molecule has 3 aliphatic rings. The Morgan fingerprint density at radius 2 is 1.94 bits per heavy atom. The van der Waals surface area contributed by atoms with E-state index in [0.717, 1.165) is 57.0 Å². The van der Waals surface area contributed by atoms with Crippen LogP contribution in [0.4, 0.5) is 14.9 Å². The monoisotopic (exact) mass is 464 g/mol. The van der Waals surface area contributed by atoms with E-state index < -0.39 is 5.54 Å². The third-order valence-corrected chi connectivity index (χ3v) is 7.18. The maximum Gasteiger partial charge on any atom is 0.350 e. The topological polar surface area (TPSA) is 48.4 Å². The largest absolute Gasteiger partial charge is 0.491 e. The Labute approximate surface area is 201 Å². The molecule has 2 amide bonds. The lowest BCUT2D eigenvalue weighted by Gasteiger charge is -2.51. The summed E-state index contributed by atoms with van der Waals surface area (Å²) < 4.78 is 20.0. The molecule has 2 aromatic rings. The lowest BCUT2D eigenvalue weighted by molar-refractivity contribution is 0.116. The first-order valence-electron chi connectivity index (χ1n) is 12.3. The van der Waals surface area contributed by atoms with Crippen molar-refractivity contribution < 1.29 is 13.9 Å². The summed E-state index contributed by atoms with van der Waals surface area (Å²) in [6, 6.07) is 14.6. The minimum atomic E-state index is -0.538. The Bertz CT molecular complexity index is 1100. The zero-order valence-electron chi connectivity index (χ0n) is 20.2. The smallest absolute Gasteiger partial charge is 0.350 e. The number of carbonyl (C=O) groups excluding carboxylic acids is 1. The standard InChI is InChI=1S/C27H33FN4O2/c1-19(2)34-24-10-4-7-21(15-24)18-31-14-11-27(17-20(31)3)25(30-12-6-13-30)29-26(33)32(27)23-9-5-8-22(28)16-23/h4-5,7-10,15-16,19-20H,6,11-14,17-18H2,1-3H3/t20-,27-/m1/s1. The molecule has 0 saturated carbocycles. The van der Waals surface area contributed by atoms with Crippen LogP contribution in [0.15, 0.2) is 53.5 Å². The Morgan fingerprint density at radius 1 is 1.15 bits per heavy atom. The molecule has 7 heteroatoms. The first-order valence-corrected chi connectivity index (χ1v) is 12.3. The van der Waals surface area contributed by atoms with Gasteiger partial charge in [-0.25, -0.2) is 9.18 Å². The second kappa shape index (κ2) is 9.02. The number of aliphatic imine (C=N–C) groups is 1. The van der Waals surface area contributed by atoms with E-state index in [1.165, 1.54) is 17.7 Å². The summed E-state index contributed by atoms with van der Waals surface area (Å²) in [7, 11) is 0.